The molecule has 5 atom stereocenters. The van der Waals surface area contributed by atoms with Crippen molar-refractivity contribution in [3.63, 3.8) is 0 Å². The second-order valence-electron chi connectivity index (χ2n) is 11.3. The van der Waals surface area contributed by atoms with Gasteiger partial charge in [0.25, 0.3) is 0 Å². The van der Waals surface area contributed by atoms with E-state index in [-0.39, 0.29) is 35.7 Å². The van der Waals surface area contributed by atoms with Gasteiger partial charge in [-0.2, -0.15) is 4.31 Å². The van der Waals surface area contributed by atoms with Crippen LogP contribution in [0.15, 0.2) is 72.1 Å². The van der Waals surface area contributed by atoms with Gasteiger partial charge in [-0.05, 0) is 43.4 Å². The highest BCUT2D eigenvalue weighted by molar-refractivity contribution is 7.89. The Labute approximate surface area is 242 Å². The maximum Gasteiger partial charge on any atom is 0.243 e. The molecule has 2 aromatic carbocycles. The molecule has 0 saturated carbocycles. The van der Waals surface area contributed by atoms with Crippen LogP contribution in [0.2, 0.25) is 0 Å². The minimum atomic E-state index is -3.75. The standard InChI is InChI=1S/C33H49NO5S/c1-4-27(3)32(36)19-15-10-8-6-5-7-9-14-18-30-33(39-25-28-16-12-11-13-17-28)31(24-35)34(30)40(37,38)29-22-20-26(2)21-23-29/h4,11-13,16-17,20-23,27,30-33,35-36H,1,5-10,14-15,18-19,24-25H2,2-3H3/t27-,30-,31+,32-,33+/m0/s1. The Kier molecular flexibility index (Phi) is 13.3. The third-order valence-corrected chi connectivity index (χ3v) is 10.2. The van der Waals surface area contributed by atoms with Crippen molar-refractivity contribution < 1.29 is 23.4 Å². The van der Waals surface area contributed by atoms with Crippen molar-refractivity contribution in [2.75, 3.05) is 6.61 Å². The van der Waals surface area contributed by atoms with Crippen LogP contribution in [0.1, 0.15) is 82.3 Å². The normalized spacial score (nSPS) is 21.1. The van der Waals surface area contributed by atoms with Gasteiger partial charge in [0, 0.05) is 0 Å². The molecule has 0 amide bonds. The summed E-state index contributed by atoms with van der Waals surface area (Å²) in [5.74, 6) is 0.148. The second-order valence-corrected chi connectivity index (χ2v) is 13.1. The van der Waals surface area contributed by atoms with Crippen LogP contribution in [-0.2, 0) is 21.4 Å². The number of ether oxygens (including phenoxy) is 1. The van der Waals surface area contributed by atoms with Crippen LogP contribution in [0.25, 0.3) is 0 Å². The van der Waals surface area contributed by atoms with E-state index in [1.807, 2.05) is 62.4 Å². The highest BCUT2D eigenvalue weighted by Crippen LogP contribution is 2.38. The number of nitrogens with zero attached hydrogens (tertiary/aromatic N) is 1. The summed E-state index contributed by atoms with van der Waals surface area (Å²) in [6, 6.07) is 15.9. The fraction of sp³-hybridized carbons (Fsp3) is 0.576. The van der Waals surface area contributed by atoms with E-state index < -0.39 is 16.1 Å². The Balaban J connectivity index is 1.50. The van der Waals surface area contributed by atoms with Crippen LogP contribution >= 0.6 is 0 Å². The van der Waals surface area contributed by atoms with Gasteiger partial charge in [-0.15, -0.1) is 6.58 Å². The van der Waals surface area contributed by atoms with Crippen LogP contribution in [0, 0.1) is 12.8 Å². The molecular weight excluding hydrogens is 522 g/mol. The van der Waals surface area contributed by atoms with Gasteiger partial charge < -0.3 is 14.9 Å². The summed E-state index contributed by atoms with van der Waals surface area (Å²) in [4.78, 5) is 0.259. The first-order chi connectivity index (χ1) is 19.3. The van der Waals surface area contributed by atoms with Crippen molar-refractivity contribution in [1.82, 2.24) is 4.31 Å². The summed E-state index contributed by atoms with van der Waals surface area (Å²) in [6.07, 6.45) is 11.5. The van der Waals surface area contributed by atoms with Crippen LogP contribution in [0.3, 0.4) is 0 Å². The number of benzene rings is 2. The third kappa shape index (κ3) is 8.98. The molecule has 0 spiro atoms. The zero-order valence-electron chi connectivity index (χ0n) is 24.3. The summed E-state index contributed by atoms with van der Waals surface area (Å²) >= 11 is 0. The summed E-state index contributed by atoms with van der Waals surface area (Å²) in [6.45, 7) is 7.80. The van der Waals surface area contributed by atoms with Crippen molar-refractivity contribution in [2.24, 2.45) is 5.92 Å². The van der Waals surface area contributed by atoms with E-state index in [0.29, 0.717) is 13.0 Å². The average Bonchev–Trinajstić information content (AvgIpc) is 2.95. The number of aryl methyl sites for hydroxylation is 1. The van der Waals surface area contributed by atoms with Gasteiger partial charge in [0.2, 0.25) is 10.0 Å². The molecule has 1 aliphatic heterocycles. The van der Waals surface area contributed by atoms with Crippen molar-refractivity contribution in [1.29, 1.82) is 0 Å². The van der Waals surface area contributed by atoms with Crippen molar-refractivity contribution in [3.05, 3.63) is 78.4 Å². The van der Waals surface area contributed by atoms with Crippen molar-refractivity contribution in [2.45, 2.75) is 114 Å². The minimum Gasteiger partial charge on any atom is -0.395 e. The Morgan fingerprint density at radius 3 is 2.12 bits per heavy atom. The number of sulfonamides is 1. The molecule has 1 aliphatic rings. The van der Waals surface area contributed by atoms with Gasteiger partial charge in [0.05, 0.1) is 42.4 Å². The number of hydrogen-bond acceptors (Lipinski definition) is 5. The van der Waals surface area contributed by atoms with E-state index in [9.17, 15) is 18.6 Å². The van der Waals surface area contributed by atoms with Gasteiger partial charge in [-0.25, -0.2) is 8.42 Å². The minimum absolute atomic E-state index is 0.148. The molecule has 0 radical (unpaired) electrons. The van der Waals surface area contributed by atoms with E-state index in [0.717, 1.165) is 56.1 Å². The van der Waals surface area contributed by atoms with Crippen molar-refractivity contribution >= 4 is 10.0 Å². The number of aliphatic hydroxyl groups excluding tert-OH is 2. The first kappa shape index (κ1) is 32.5. The summed E-state index contributed by atoms with van der Waals surface area (Å²) in [5, 5.41) is 20.2. The quantitative estimate of drug-likeness (QED) is 0.151. The lowest BCUT2D eigenvalue weighted by Crippen LogP contribution is -2.71. The Hall–Kier alpha value is -2.03. The lowest BCUT2D eigenvalue weighted by molar-refractivity contribution is -0.133. The first-order valence-electron chi connectivity index (χ1n) is 15.0. The fourth-order valence-corrected chi connectivity index (χ4v) is 7.38. The van der Waals surface area contributed by atoms with Crippen LogP contribution < -0.4 is 0 Å². The summed E-state index contributed by atoms with van der Waals surface area (Å²) in [5.41, 5.74) is 2.03. The number of hydrogen-bond donors (Lipinski definition) is 2. The predicted octanol–water partition coefficient (Wildman–Crippen LogP) is 6.40. The Morgan fingerprint density at radius 2 is 1.52 bits per heavy atom. The molecule has 40 heavy (non-hydrogen) atoms. The Morgan fingerprint density at radius 1 is 0.925 bits per heavy atom. The molecule has 1 heterocycles. The van der Waals surface area contributed by atoms with Gasteiger partial charge in [0.15, 0.2) is 0 Å². The average molecular weight is 572 g/mol. The zero-order chi connectivity index (χ0) is 29.0. The van der Waals surface area contributed by atoms with E-state index in [2.05, 4.69) is 6.58 Å². The van der Waals surface area contributed by atoms with Gasteiger partial charge >= 0.3 is 0 Å². The summed E-state index contributed by atoms with van der Waals surface area (Å²) < 4.78 is 35.0. The molecule has 0 aromatic heterocycles. The number of aliphatic hydroxyl groups is 2. The van der Waals surface area contributed by atoms with Gasteiger partial charge in [0.1, 0.15) is 0 Å². The third-order valence-electron chi connectivity index (χ3n) is 8.21. The molecule has 222 valence electrons. The zero-order valence-corrected chi connectivity index (χ0v) is 25.1. The highest BCUT2D eigenvalue weighted by Gasteiger charge is 2.54. The maximum absolute atomic E-state index is 13.6. The molecule has 2 aromatic rings. The van der Waals surface area contributed by atoms with Gasteiger partial charge in [-0.3, -0.25) is 0 Å². The molecule has 1 saturated heterocycles. The molecule has 0 unspecified atom stereocenters. The summed E-state index contributed by atoms with van der Waals surface area (Å²) in [7, 11) is -3.75. The topological polar surface area (TPSA) is 87.1 Å². The lowest BCUT2D eigenvalue weighted by atomic mass is 9.88. The largest absolute Gasteiger partial charge is 0.395 e. The number of unbranched alkanes of at least 4 members (excludes halogenated alkanes) is 7. The van der Waals surface area contributed by atoms with E-state index in [1.54, 1.807) is 12.1 Å². The van der Waals surface area contributed by atoms with E-state index in [4.69, 9.17) is 4.74 Å². The molecular formula is C33H49NO5S. The van der Waals surface area contributed by atoms with Crippen LogP contribution in [0.4, 0.5) is 0 Å². The molecule has 0 aliphatic carbocycles. The van der Waals surface area contributed by atoms with E-state index in [1.165, 1.54) is 17.1 Å². The molecule has 6 nitrogen and oxygen atoms in total. The molecule has 3 rings (SSSR count). The lowest BCUT2D eigenvalue weighted by Gasteiger charge is -2.52. The predicted molar refractivity (Wildman–Crippen MR) is 161 cm³/mol. The second kappa shape index (κ2) is 16.4. The smallest absolute Gasteiger partial charge is 0.243 e. The van der Waals surface area contributed by atoms with Crippen molar-refractivity contribution in [3.8, 4) is 0 Å². The van der Waals surface area contributed by atoms with Crippen LogP contribution in [0.5, 0.6) is 0 Å². The molecule has 0 bridgehead atoms. The SMILES string of the molecule is C=C[C@H](C)[C@@H](O)CCCCCCCCCC[C@H]1[C@@H](OCc2ccccc2)[C@@H](CO)N1S(=O)(=O)c1ccc(C)cc1. The highest BCUT2D eigenvalue weighted by atomic mass is 32.2. The maximum atomic E-state index is 13.6. The Bertz CT molecular complexity index is 1110. The van der Waals surface area contributed by atoms with Crippen LogP contribution in [-0.4, -0.2) is 53.8 Å². The number of rotatable bonds is 19. The fourth-order valence-electron chi connectivity index (χ4n) is 5.53. The monoisotopic (exact) mass is 571 g/mol. The molecule has 2 N–H and O–H groups in total. The molecule has 7 heteroatoms. The first-order valence-corrected chi connectivity index (χ1v) is 16.4. The molecule has 1 fully saturated rings. The van der Waals surface area contributed by atoms with E-state index >= 15 is 0 Å². The van der Waals surface area contributed by atoms with Gasteiger partial charge in [-0.1, -0.05) is 112 Å².